The lowest BCUT2D eigenvalue weighted by atomic mass is 10.0. The number of methoxy groups -OCH3 is 1. The van der Waals surface area contributed by atoms with Crippen LogP contribution in [0.3, 0.4) is 0 Å². The Kier molecular flexibility index (Phi) is 2.86. The summed E-state index contributed by atoms with van der Waals surface area (Å²) in [7, 11) is 1.22. The summed E-state index contributed by atoms with van der Waals surface area (Å²) in [6.07, 6.45) is 0.439. The maximum absolute atomic E-state index is 11.3. The summed E-state index contributed by atoms with van der Waals surface area (Å²) in [6.45, 7) is 1.67. The second-order valence-corrected chi connectivity index (χ2v) is 2.80. The second-order valence-electron chi connectivity index (χ2n) is 2.80. The fourth-order valence-corrected chi connectivity index (χ4v) is 1.21. The Labute approximate surface area is 81.1 Å². The van der Waals surface area contributed by atoms with Crippen molar-refractivity contribution < 1.29 is 19.4 Å². The Morgan fingerprint density at radius 3 is 2.64 bits per heavy atom. The Balaban J connectivity index is 3.44. The predicted octanol–water partition coefficient (Wildman–Crippen LogP) is 1.30. The summed E-state index contributed by atoms with van der Waals surface area (Å²) in [6, 6.07) is 2.92. The molecule has 0 spiro atoms. The van der Waals surface area contributed by atoms with Gasteiger partial charge in [-0.3, -0.25) is 4.79 Å². The van der Waals surface area contributed by atoms with E-state index < -0.39 is 5.97 Å². The largest absolute Gasteiger partial charge is 0.507 e. The van der Waals surface area contributed by atoms with Crippen LogP contribution in [0.5, 0.6) is 5.75 Å². The van der Waals surface area contributed by atoms with Crippen molar-refractivity contribution in [1.82, 2.24) is 0 Å². The highest BCUT2D eigenvalue weighted by Gasteiger charge is 2.17. The lowest BCUT2D eigenvalue weighted by Crippen LogP contribution is -2.07. The molecule has 0 atom stereocenters. The zero-order valence-corrected chi connectivity index (χ0v) is 7.90. The summed E-state index contributed by atoms with van der Waals surface area (Å²) in [5.41, 5.74) is 0.677. The van der Waals surface area contributed by atoms with E-state index in [-0.39, 0.29) is 16.9 Å². The van der Waals surface area contributed by atoms with Crippen molar-refractivity contribution >= 4 is 12.3 Å². The van der Waals surface area contributed by atoms with Crippen LogP contribution in [0.1, 0.15) is 26.3 Å². The van der Waals surface area contributed by atoms with E-state index in [4.69, 9.17) is 0 Å². The molecule has 4 heteroatoms. The Bertz CT molecular complexity index is 382. The van der Waals surface area contributed by atoms with Crippen LogP contribution in [0.15, 0.2) is 12.1 Å². The number of carbonyl (C=O) groups excluding carboxylic acids is 2. The van der Waals surface area contributed by atoms with E-state index >= 15 is 0 Å². The van der Waals surface area contributed by atoms with Gasteiger partial charge in [-0.2, -0.15) is 0 Å². The third kappa shape index (κ3) is 1.59. The molecule has 0 radical (unpaired) electrons. The molecule has 0 aliphatic heterocycles. The average Bonchev–Trinajstić information content (AvgIpc) is 2.19. The molecule has 14 heavy (non-hydrogen) atoms. The molecule has 0 aromatic heterocycles. The van der Waals surface area contributed by atoms with Crippen molar-refractivity contribution in [3.05, 3.63) is 28.8 Å². The lowest BCUT2D eigenvalue weighted by Gasteiger charge is -2.07. The molecule has 1 N–H and O–H groups in total. The van der Waals surface area contributed by atoms with Crippen LogP contribution in [0, 0.1) is 6.92 Å². The van der Waals surface area contributed by atoms with E-state index in [9.17, 15) is 14.7 Å². The van der Waals surface area contributed by atoms with E-state index in [1.165, 1.54) is 13.2 Å². The molecule has 0 amide bonds. The third-order valence-electron chi connectivity index (χ3n) is 1.94. The molecule has 1 aromatic carbocycles. The first kappa shape index (κ1) is 10.2. The van der Waals surface area contributed by atoms with Gasteiger partial charge in [-0.1, -0.05) is 6.07 Å². The van der Waals surface area contributed by atoms with Crippen molar-refractivity contribution in [3.8, 4) is 5.75 Å². The van der Waals surface area contributed by atoms with Crippen LogP contribution in [0.2, 0.25) is 0 Å². The van der Waals surface area contributed by atoms with Gasteiger partial charge < -0.3 is 9.84 Å². The van der Waals surface area contributed by atoms with Gasteiger partial charge >= 0.3 is 5.97 Å². The van der Waals surface area contributed by atoms with Gasteiger partial charge in [0.05, 0.1) is 18.2 Å². The van der Waals surface area contributed by atoms with Crippen molar-refractivity contribution in [2.24, 2.45) is 0 Å². The first-order valence-electron chi connectivity index (χ1n) is 3.98. The van der Waals surface area contributed by atoms with Crippen LogP contribution in [-0.2, 0) is 4.74 Å². The minimum atomic E-state index is -0.625. The fourth-order valence-electron chi connectivity index (χ4n) is 1.21. The zero-order chi connectivity index (χ0) is 10.7. The molecule has 0 fully saturated rings. The first-order chi connectivity index (χ1) is 6.61. The number of hydrogen-bond acceptors (Lipinski definition) is 4. The highest BCUT2D eigenvalue weighted by molar-refractivity contribution is 6.01. The maximum atomic E-state index is 11.3. The summed E-state index contributed by atoms with van der Waals surface area (Å²) < 4.78 is 4.51. The minimum Gasteiger partial charge on any atom is -0.507 e. The number of hydrogen-bond donors (Lipinski definition) is 1. The van der Waals surface area contributed by atoms with E-state index in [2.05, 4.69) is 4.74 Å². The Morgan fingerprint density at radius 1 is 1.50 bits per heavy atom. The number of phenols is 1. The van der Waals surface area contributed by atoms with Crippen molar-refractivity contribution in [1.29, 1.82) is 0 Å². The number of benzene rings is 1. The molecule has 0 saturated heterocycles. The van der Waals surface area contributed by atoms with Gasteiger partial charge in [-0.25, -0.2) is 4.79 Å². The van der Waals surface area contributed by atoms with Crippen LogP contribution < -0.4 is 0 Å². The van der Waals surface area contributed by atoms with E-state index in [1.54, 1.807) is 13.0 Å². The number of phenolic OH excluding ortho intramolecular Hbond substituents is 1. The lowest BCUT2D eigenvalue weighted by molar-refractivity contribution is 0.0597. The molecule has 4 nitrogen and oxygen atoms in total. The summed E-state index contributed by atoms with van der Waals surface area (Å²) in [5.74, 6) is -0.841. The standard InChI is InChI=1S/C10H10O4/c1-6-3-4-8(12)7(5-11)9(6)10(13)14-2/h3-5,12H,1-2H3. The van der Waals surface area contributed by atoms with Crippen molar-refractivity contribution in [3.63, 3.8) is 0 Å². The minimum absolute atomic E-state index is 0.0307. The summed E-state index contributed by atoms with van der Waals surface area (Å²) in [5, 5.41) is 9.32. The van der Waals surface area contributed by atoms with Crippen LogP contribution in [-0.4, -0.2) is 24.5 Å². The normalized spacial score (nSPS) is 9.57. The van der Waals surface area contributed by atoms with E-state index in [0.717, 1.165) is 0 Å². The zero-order valence-electron chi connectivity index (χ0n) is 7.90. The van der Waals surface area contributed by atoms with Crippen LogP contribution in [0.4, 0.5) is 0 Å². The Morgan fingerprint density at radius 2 is 2.14 bits per heavy atom. The maximum Gasteiger partial charge on any atom is 0.338 e. The van der Waals surface area contributed by atoms with Gasteiger partial charge in [-0.05, 0) is 18.6 Å². The number of ether oxygens (including phenoxy) is 1. The van der Waals surface area contributed by atoms with Gasteiger partial charge in [0, 0.05) is 0 Å². The molecule has 1 rings (SSSR count). The number of aryl methyl sites for hydroxylation is 1. The molecule has 74 valence electrons. The predicted molar refractivity (Wildman–Crippen MR) is 49.6 cm³/mol. The second kappa shape index (κ2) is 3.91. The van der Waals surface area contributed by atoms with Crippen molar-refractivity contribution in [2.45, 2.75) is 6.92 Å². The summed E-state index contributed by atoms with van der Waals surface area (Å²) >= 11 is 0. The number of rotatable bonds is 2. The smallest absolute Gasteiger partial charge is 0.338 e. The molecule has 0 aliphatic rings. The van der Waals surface area contributed by atoms with Crippen molar-refractivity contribution in [2.75, 3.05) is 7.11 Å². The highest BCUT2D eigenvalue weighted by Crippen LogP contribution is 2.23. The molecular weight excluding hydrogens is 184 g/mol. The van der Waals surface area contributed by atoms with E-state index in [1.807, 2.05) is 0 Å². The summed E-state index contributed by atoms with van der Waals surface area (Å²) in [4.78, 5) is 21.9. The van der Waals surface area contributed by atoms with Gasteiger partial charge in [0.1, 0.15) is 5.75 Å². The van der Waals surface area contributed by atoms with Crippen LogP contribution >= 0.6 is 0 Å². The van der Waals surface area contributed by atoms with E-state index in [0.29, 0.717) is 11.8 Å². The number of esters is 1. The topological polar surface area (TPSA) is 63.6 Å². The third-order valence-corrected chi connectivity index (χ3v) is 1.94. The highest BCUT2D eigenvalue weighted by atomic mass is 16.5. The SMILES string of the molecule is COC(=O)c1c(C)ccc(O)c1C=O. The number of aromatic hydroxyl groups is 1. The number of carbonyl (C=O) groups is 2. The van der Waals surface area contributed by atoms with Crippen LogP contribution in [0.25, 0.3) is 0 Å². The molecule has 0 bridgehead atoms. The molecule has 0 aliphatic carbocycles. The Hall–Kier alpha value is -1.84. The monoisotopic (exact) mass is 194 g/mol. The molecule has 0 unspecified atom stereocenters. The average molecular weight is 194 g/mol. The van der Waals surface area contributed by atoms with Gasteiger partial charge in [0.2, 0.25) is 0 Å². The molecular formula is C10H10O4. The van der Waals surface area contributed by atoms with Gasteiger partial charge in [0.25, 0.3) is 0 Å². The molecule has 1 aromatic rings. The van der Waals surface area contributed by atoms with Gasteiger partial charge in [-0.15, -0.1) is 0 Å². The van der Waals surface area contributed by atoms with Gasteiger partial charge in [0.15, 0.2) is 6.29 Å². The molecule has 0 heterocycles. The first-order valence-corrected chi connectivity index (χ1v) is 3.98. The quantitative estimate of drug-likeness (QED) is 0.569. The fraction of sp³-hybridized carbons (Fsp3) is 0.200. The molecule has 0 saturated carbocycles. The number of aldehydes is 1.